The highest BCUT2D eigenvalue weighted by molar-refractivity contribution is 5.70. The van der Waals surface area contributed by atoms with Gasteiger partial charge in [-0.15, -0.1) is 0 Å². The number of rotatable bonds is 7. The summed E-state index contributed by atoms with van der Waals surface area (Å²) < 4.78 is 11.5. The van der Waals surface area contributed by atoms with Gasteiger partial charge in [-0.2, -0.15) is 0 Å². The molecule has 0 heterocycles. The summed E-state index contributed by atoms with van der Waals surface area (Å²) in [6, 6.07) is 5.40. The number of aliphatic carboxylic acids is 1. The number of carboxylic acids is 1. The highest BCUT2D eigenvalue weighted by Crippen LogP contribution is 2.31. The maximum absolute atomic E-state index is 10.8. The van der Waals surface area contributed by atoms with E-state index in [0.29, 0.717) is 18.3 Å². The second kappa shape index (κ2) is 7.91. The largest absolute Gasteiger partial charge is 0.490 e. The van der Waals surface area contributed by atoms with Gasteiger partial charge in [0.2, 0.25) is 0 Å². The molecule has 0 aliphatic heterocycles. The van der Waals surface area contributed by atoms with Gasteiger partial charge in [-0.1, -0.05) is 25.3 Å². The van der Waals surface area contributed by atoms with Crippen molar-refractivity contribution in [3.63, 3.8) is 0 Å². The van der Waals surface area contributed by atoms with Gasteiger partial charge in [0.25, 0.3) is 0 Å². The summed E-state index contributed by atoms with van der Waals surface area (Å²) in [7, 11) is 0. The van der Waals surface area contributed by atoms with Crippen LogP contribution in [0.5, 0.6) is 11.5 Å². The molecule has 4 heteroatoms. The quantitative estimate of drug-likeness (QED) is 0.833. The van der Waals surface area contributed by atoms with Crippen molar-refractivity contribution < 1.29 is 19.4 Å². The predicted molar refractivity (Wildman–Crippen MR) is 81.0 cm³/mol. The first-order valence-electron chi connectivity index (χ1n) is 7.79. The van der Waals surface area contributed by atoms with Crippen LogP contribution in [0.25, 0.3) is 0 Å². The summed E-state index contributed by atoms with van der Waals surface area (Å²) in [5, 5.41) is 8.86. The first-order chi connectivity index (χ1) is 10.2. The molecule has 21 heavy (non-hydrogen) atoms. The monoisotopic (exact) mass is 292 g/mol. The standard InChI is InChI=1S/C17H24O4/c1-2-20-16-10-14(11-17(18)19)8-9-15(16)21-12-13-6-4-3-5-7-13/h8-10,13H,2-7,11-12H2,1H3,(H,18,19). The maximum Gasteiger partial charge on any atom is 0.307 e. The van der Waals surface area contributed by atoms with Crippen molar-refractivity contribution in [1.29, 1.82) is 0 Å². The highest BCUT2D eigenvalue weighted by atomic mass is 16.5. The molecule has 1 fully saturated rings. The van der Waals surface area contributed by atoms with Crippen LogP contribution >= 0.6 is 0 Å². The number of hydrogen-bond donors (Lipinski definition) is 1. The first-order valence-corrected chi connectivity index (χ1v) is 7.79. The number of ether oxygens (including phenoxy) is 2. The number of carboxylic acid groups (broad SMARTS) is 1. The third kappa shape index (κ3) is 4.96. The Hall–Kier alpha value is -1.71. The van der Waals surface area contributed by atoms with Gasteiger partial charge in [-0.3, -0.25) is 4.79 Å². The van der Waals surface area contributed by atoms with E-state index in [0.717, 1.165) is 17.9 Å². The van der Waals surface area contributed by atoms with Gasteiger partial charge in [0.1, 0.15) is 0 Å². The van der Waals surface area contributed by atoms with E-state index in [-0.39, 0.29) is 6.42 Å². The normalized spacial score (nSPS) is 15.7. The minimum atomic E-state index is -0.840. The lowest BCUT2D eigenvalue weighted by atomic mass is 9.90. The average molecular weight is 292 g/mol. The van der Waals surface area contributed by atoms with E-state index in [4.69, 9.17) is 14.6 Å². The fourth-order valence-electron chi connectivity index (χ4n) is 2.79. The Morgan fingerprint density at radius 1 is 1.19 bits per heavy atom. The van der Waals surface area contributed by atoms with Crippen molar-refractivity contribution in [3.8, 4) is 11.5 Å². The van der Waals surface area contributed by atoms with Gasteiger partial charge in [0.05, 0.1) is 19.6 Å². The van der Waals surface area contributed by atoms with Gasteiger partial charge < -0.3 is 14.6 Å². The Morgan fingerprint density at radius 2 is 1.95 bits per heavy atom. The van der Waals surface area contributed by atoms with Gasteiger partial charge in [-0.25, -0.2) is 0 Å². The van der Waals surface area contributed by atoms with E-state index in [1.165, 1.54) is 32.1 Å². The zero-order chi connectivity index (χ0) is 15.1. The summed E-state index contributed by atoms with van der Waals surface area (Å²) in [6.07, 6.45) is 6.41. The smallest absolute Gasteiger partial charge is 0.307 e. The zero-order valence-electron chi connectivity index (χ0n) is 12.6. The Labute approximate surface area is 126 Å². The number of benzene rings is 1. The molecule has 1 N–H and O–H groups in total. The van der Waals surface area contributed by atoms with Gasteiger partial charge in [0.15, 0.2) is 11.5 Å². The van der Waals surface area contributed by atoms with Crippen LogP contribution in [-0.2, 0) is 11.2 Å². The summed E-state index contributed by atoms with van der Waals surface area (Å²) >= 11 is 0. The predicted octanol–water partition coefficient (Wildman–Crippen LogP) is 3.67. The first kappa shape index (κ1) is 15.7. The molecule has 116 valence electrons. The molecule has 1 saturated carbocycles. The fourth-order valence-corrected chi connectivity index (χ4v) is 2.79. The van der Waals surface area contributed by atoms with Gasteiger partial charge in [-0.05, 0) is 43.4 Å². The van der Waals surface area contributed by atoms with Crippen molar-refractivity contribution in [3.05, 3.63) is 23.8 Å². The summed E-state index contributed by atoms with van der Waals surface area (Å²) in [5.41, 5.74) is 0.732. The third-order valence-electron chi connectivity index (χ3n) is 3.86. The van der Waals surface area contributed by atoms with Crippen molar-refractivity contribution >= 4 is 5.97 Å². The van der Waals surface area contributed by atoms with E-state index in [1.807, 2.05) is 13.0 Å². The van der Waals surface area contributed by atoms with Crippen LogP contribution in [0.1, 0.15) is 44.6 Å². The molecule has 1 aliphatic rings. The number of carbonyl (C=O) groups is 1. The molecule has 0 saturated heterocycles. The second-order valence-electron chi connectivity index (χ2n) is 5.60. The van der Waals surface area contributed by atoms with Crippen LogP contribution < -0.4 is 9.47 Å². The molecule has 1 aliphatic carbocycles. The van der Waals surface area contributed by atoms with E-state index in [9.17, 15) is 4.79 Å². The van der Waals surface area contributed by atoms with E-state index in [1.54, 1.807) is 12.1 Å². The van der Waals surface area contributed by atoms with Crippen LogP contribution in [0.2, 0.25) is 0 Å². The molecule has 1 aromatic rings. The van der Waals surface area contributed by atoms with E-state index in [2.05, 4.69) is 0 Å². The van der Waals surface area contributed by atoms with Crippen LogP contribution in [0.15, 0.2) is 18.2 Å². The molecule has 0 radical (unpaired) electrons. The van der Waals surface area contributed by atoms with Crippen molar-refractivity contribution in [2.75, 3.05) is 13.2 Å². The molecular weight excluding hydrogens is 268 g/mol. The van der Waals surface area contributed by atoms with Crippen molar-refractivity contribution in [1.82, 2.24) is 0 Å². The lowest BCUT2D eigenvalue weighted by Crippen LogP contribution is -2.15. The van der Waals surface area contributed by atoms with Crippen LogP contribution in [0, 0.1) is 5.92 Å². The van der Waals surface area contributed by atoms with Crippen molar-refractivity contribution in [2.45, 2.75) is 45.4 Å². The zero-order valence-corrected chi connectivity index (χ0v) is 12.6. The summed E-state index contributed by atoms with van der Waals surface area (Å²) in [4.78, 5) is 10.8. The van der Waals surface area contributed by atoms with E-state index >= 15 is 0 Å². The Kier molecular flexibility index (Phi) is 5.90. The SMILES string of the molecule is CCOc1cc(CC(=O)O)ccc1OCC1CCCCC1. The third-order valence-corrected chi connectivity index (χ3v) is 3.86. The van der Waals surface area contributed by atoms with Crippen LogP contribution in [0.3, 0.4) is 0 Å². The molecule has 4 nitrogen and oxygen atoms in total. The summed E-state index contributed by atoms with van der Waals surface area (Å²) in [5.74, 6) is 1.16. The lowest BCUT2D eigenvalue weighted by molar-refractivity contribution is -0.136. The minimum absolute atomic E-state index is 0.00296. The number of hydrogen-bond acceptors (Lipinski definition) is 3. The lowest BCUT2D eigenvalue weighted by Gasteiger charge is -2.22. The van der Waals surface area contributed by atoms with Gasteiger partial charge >= 0.3 is 5.97 Å². The molecule has 0 amide bonds. The molecule has 0 spiro atoms. The fraction of sp³-hybridized carbons (Fsp3) is 0.588. The molecule has 1 aromatic carbocycles. The maximum atomic E-state index is 10.8. The summed E-state index contributed by atoms with van der Waals surface area (Å²) in [6.45, 7) is 3.17. The highest BCUT2D eigenvalue weighted by Gasteiger charge is 2.15. The Balaban J connectivity index is 2.00. The Morgan fingerprint density at radius 3 is 2.62 bits per heavy atom. The topological polar surface area (TPSA) is 55.8 Å². The molecular formula is C17H24O4. The van der Waals surface area contributed by atoms with Gasteiger partial charge in [0, 0.05) is 0 Å². The average Bonchev–Trinajstić information content (AvgIpc) is 2.47. The second-order valence-corrected chi connectivity index (χ2v) is 5.60. The molecule has 2 rings (SSSR count). The minimum Gasteiger partial charge on any atom is -0.490 e. The van der Waals surface area contributed by atoms with E-state index < -0.39 is 5.97 Å². The molecule has 0 unspecified atom stereocenters. The molecule has 0 aromatic heterocycles. The van der Waals surface area contributed by atoms with Crippen LogP contribution in [0.4, 0.5) is 0 Å². The van der Waals surface area contributed by atoms with Crippen LogP contribution in [-0.4, -0.2) is 24.3 Å². The Bertz CT molecular complexity index is 464. The molecule has 0 atom stereocenters. The molecule has 0 bridgehead atoms. The van der Waals surface area contributed by atoms with Crippen molar-refractivity contribution in [2.24, 2.45) is 5.92 Å².